The van der Waals surface area contributed by atoms with E-state index >= 15 is 0 Å². The molecule has 21 heavy (non-hydrogen) atoms. The molecule has 1 saturated heterocycles. The lowest BCUT2D eigenvalue weighted by Gasteiger charge is -2.36. The van der Waals surface area contributed by atoms with E-state index in [1.54, 1.807) is 25.1 Å². The lowest BCUT2D eigenvalue weighted by atomic mass is 10.1. The van der Waals surface area contributed by atoms with Gasteiger partial charge in [0.05, 0.1) is 12.2 Å². The Morgan fingerprint density at radius 2 is 2.29 bits per heavy atom. The molecule has 1 aromatic carbocycles. The van der Waals surface area contributed by atoms with Crippen LogP contribution in [-0.4, -0.2) is 44.2 Å². The van der Waals surface area contributed by atoms with E-state index < -0.39 is 5.91 Å². The van der Waals surface area contributed by atoms with E-state index in [9.17, 15) is 9.59 Å². The van der Waals surface area contributed by atoms with Crippen molar-refractivity contribution in [3.05, 3.63) is 28.2 Å². The summed E-state index contributed by atoms with van der Waals surface area (Å²) in [5.74, 6) is -0.740. The minimum absolute atomic E-state index is 0.250. The van der Waals surface area contributed by atoms with E-state index in [0.29, 0.717) is 29.7 Å². The van der Waals surface area contributed by atoms with E-state index in [0.717, 1.165) is 12.2 Å². The summed E-state index contributed by atoms with van der Waals surface area (Å²) in [7, 11) is 0. The number of carbonyl (C=O) groups is 2. The average Bonchev–Trinajstić information content (AvgIpc) is 2.47. The number of ether oxygens (including phenoxy) is 1. The van der Waals surface area contributed by atoms with Gasteiger partial charge in [-0.2, -0.15) is 0 Å². The van der Waals surface area contributed by atoms with Crippen molar-refractivity contribution in [1.82, 2.24) is 5.32 Å². The van der Waals surface area contributed by atoms with Crippen molar-refractivity contribution in [3.8, 4) is 0 Å². The Kier molecular flexibility index (Phi) is 5.19. The Morgan fingerprint density at radius 1 is 1.52 bits per heavy atom. The highest BCUT2D eigenvalue weighted by molar-refractivity contribution is 9.10. The van der Waals surface area contributed by atoms with Crippen LogP contribution >= 0.6 is 15.9 Å². The first-order valence-electron chi connectivity index (χ1n) is 6.78. The van der Waals surface area contributed by atoms with Gasteiger partial charge in [-0.1, -0.05) is 0 Å². The van der Waals surface area contributed by atoms with Crippen LogP contribution in [0.2, 0.25) is 0 Å². The molecule has 2 rings (SSSR count). The molecule has 1 aliphatic heterocycles. The first-order valence-corrected chi connectivity index (χ1v) is 7.57. The van der Waals surface area contributed by atoms with Crippen LogP contribution in [0.1, 0.15) is 17.3 Å². The van der Waals surface area contributed by atoms with Crippen LogP contribution in [0.25, 0.3) is 0 Å². The number of hydrogen-bond donors (Lipinski definition) is 2. The van der Waals surface area contributed by atoms with Gasteiger partial charge in [-0.05, 0) is 41.1 Å². The summed E-state index contributed by atoms with van der Waals surface area (Å²) in [4.78, 5) is 25.3. The molecule has 1 atom stereocenters. The third kappa shape index (κ3) is 3.54. The van der Waals surface area contributed by atoms with Crippen molar-refractivity contribution >= 4 is 33.5 Å². The molecule has 1 aliphatic rings. The summed E-state index contributed by atoms with van der Waals surface area (Å²) >= 11 is 3.34. The molecule has 1 heterocycles. The number of piperazine rings is 1. The van der Waals surface area contributed by atoms with E-state index in [1.807, 2.05) is 4.90 Å². The van der Waals surface area contributed by atoms with Gasteiger partial charge in [0.25, 0.3) is 0 Å². The van der Waals surface area contributed by atoms with Gasteiger partial charge in [0.15, 0.2) is 0 Å². The van der Waals surface area contributed by atoms with Crippen LogP contribution in [0.4, 0.5) is 5.69 Å². The molecule has 0 bridgehead atoms. The van der Waals surface area contributed by atoms with E-state index in [4.69, 9.17) is 10.5 Å². The topological polar surface area (TPSA) is 84.7 Å². The quantitative estimate of drug-likeness (QED) is 0.783. The Morgan fingerprint density at radius 3 is 2.90 bits per heavy atom. The van der Waals surface area contributed by atoms with Crippen LogP contribution < -0.4 is 16.0 Å². The van der Waals surface area contributed by atoms with Gasteiger partial charge in [-0.15, -0.1) is 0 Å². The van der Waals surface area contributed by atoms with Crippen LogP contribution in [0.5, 0.6) is 0 Å². The maximum atomic E-state index is 12.1. The lowest BCUT2D eigenvalue weighted by Crippen LogP contribution is -2.55. The molecule has 0 saturated carbocycles. The highest BCUT2D eigenvalue weighted by Crippen LogP contribution is 2.26. The Labute approximate surface area is 131 Å². The standard InChI is InChI=1S/C14H18BrN3O3/c1-2-21-14(20)12-8-17-5-6-18(12)9-3-4-10(13(16)19)11(15)7-9/h3-4,7,12,17H,2,5-6,8H2,1H3,(H2,16,19). The van der Waals surface area contributed by atoms with Crippen molar-refractivity contribution in [3.63, 3.8) is 0 Å². The van der Waals surface area contributed by atoms with Gasteiger partial charge in [0.1, 0.15) is 6.04 Å². The number of nitrogens with zero attached hydrogens (tertiary/aromatic N) is 1. The number of anilines is 1. The molecule has 3 N–H and O–H groups in total. The minimum Gasteiger partial charge on any atom is -0.464 e. The first-order chi connectivity index (χ1) is 10.0. The zero-order chi connectivity index (χ0) is 15.4. The normalized spacial score (nSPS) is 18.4. The van der Waals surface area contributed by atoms with E-state index in [2.05, 4.69) is 21.2 Å². The second kappa shape index (κ2) is 6.91. The van der Waals surface area contributed by atoms with Gasteiger partial charge >= 0.3 is 5.97 Å². The molecule has 7 heteroatoms. The summed E-state index contributed by atoms with van der Waals surface area (Å²) in [5.41, 5.74) is 6.56. The summed E-state index contributed by atoms with van der Waals surface area (Å²) in [5, 5.41) is 3.19. The maximum absolute atomic E-state index is 12.1. The SMILES string of the molecule is CCOC(=O)C1CNCCN1c1ccc(C(N)=O)c(Br)c1. The number of primary amides is 1. The summed E-state index contributed by atoms with van der Waals surface area (Å²) in [6.45, 7) is 4.15. The minimum atomic E-state index is -0.490. The highest BCUT2D eigenvalue weighted by atomic mass is 79.9. The van der Waals surface area contributed by atoms with Crippen molar-refractivity contribution in [1.29, 1.82) is 0 Å². The fraction of sp³-hybridized carbons (Fsp3) is 0.429. The van der Waals surface area contributed by atoms with E-state index in [-0.39, 0.29) is 12.0 Å². The van der Waals surface area contributed by atoms with Gasteiger partial charge < -0.3 is 20.7 Å². The van der Waals surface area contributed by atoms with Crippen molar-refractivity contribution < 1.29 is 14.3 Å². The Balaban J connectivity index is 2.27. The zero-order valence-electron chi connectivity index (χ0n) is 11.8. The van der Waals surface area contributed by atoms with Gasteiger partial charge in [0.2, 0.25) is 5.91 Å². The molecule has 6 nitrogen and oxygen atoms in total. The van der Waals surface area contributed by atoms with Crippen molar-refractivity contribution in [2.45, 2.75) is 13.0 Å². The molecule has 0 spiro atoms. The molecule has 1 unspecified atom stereocenters. The fourth-order valence-corrected chi connectivity index (χ4v) is 2.91. The molecule has 1 amide bonds. The Bertz CT molecular complexity index is 550. The first kappa shape index (κ1) is 15.8. The Hall–Kier alpha value is -1.60. The number of carbonyl (C=O) groups excluding carboxylic acids is 2. The predicted molar refractivity (Wildman–Crippen MR) is 83.3 cm³/mol. The number of rotatable bonds is 4. The number of esters is 1. The molecular formula is C14H18BrN3O3. The van der Waals surface area contributed by atoms with Crippen molar-refractivity contribution in [2.24, 2.45) is 5.73 Å². The van der Waals surface area contributed by atoms with E-state index in [1.165, 1.54) is 0 Å². The molecule has 1 fully saturated rings. The van der Waals surface area contributed by atoms with Crippen molar-refractivity contribution in [2.75, 3.05) is 31.1 Å². The molecule has 114 valence electrons. The molecule has 0 aliphatic carbocycles. The van der Waals surface area contributed by atoms with Crippen LogP contribution in [0.15, 0.2) is 22.7 Å². The number of nitrogens with one attached hydrogen (secondary N) is 1. The number of hydrogen-bond acceptors (Lipinski definition) is 5. The van der Waals surface area contributed by atoms with Gasteiger partial charge in [-0.25, -0.2) is 4.79 Å². The molecule has 1 aromatic rings. The molecule has 0 radical (unpaired) electrons. The number of nitrogens with two attached hydrogens (primary N) is 1. The summed E-state index contributed by atoms with van der Waals surface area (Å²) in [6, 6.07) is 4.89. The lowest BCUT2D eigenvalue weighted by molar-refractivity contribution is -0.144. The second-order valence-electron chi connectivity index (χ2n) is 4.69. The molecule has 0 aromatic heterocycles. The van der Waals surface area contributed by atoms with Crippen LogP contribution in [0.3, 0.4) is 0 Å². The van der Waals surface area contributed by atoms with Gasteiger partial charge in [-0.3, -0.25) is 4.79 Å². The second-order valence-corrected chi connectivity index (χ2v) is 5.55. The predicted octanol–water partition coefficient (Wildman–Crippen LogP) is 0.889. The smallest absolute Gasteiger partial charge is 0.330 e. The fourth-order valence-electron chi connectivity index (χ4n) is 2.34. The third-order valence-corrected chi connectivity index (χ3v) is 4.01. The third-order valence-electron chi connectivity index (χ3n) is 3.35. The van der Waals surface area contributed by atoms with Gasteiger partial charge in [0, 0.05) is 29.8 Å². The summed E-state index contributed by atoms with van der Waals surface area (Å²) in [6.07, 6.45) is 0. The number of benzene rings is 1. The largest absolute Gasteiger partial charge is 0.464 e. The highest BCUT2D eigenvalue weighted by Gasteiger charge is 2.30. The maximum Gasteiger partial charge on any atom is 0.330 e. The number of amides is 1. The molecular weight excluding hydrogens is 338 g/mol. The number of halogens is 1. The summed E-state index contributed by atoms with van der Waals surface area (Å²) < 4.78 is 5.74. The zero-order valence-corrected chi connectivity index (χ0v) is 13.4. The van der Waals surface area contributed by atoms with Crippen LogP contribution in [-0.2, 0) is 9.53 Å². The average molecular weight is 356 g/mol. The van der Waals surface area contributed by atoms with Crippen LogP contribution in [0, 0.1) is 0 Å². The monoisotopic (exact) mass is 355 g/mol.